The van der Waals surface area contributed by atoms with Crippen molar-refractivity contribution < 1.29 is 18.9 Å². The molecule has 0 aliphatic rings. The van der Waals surface area contributed by atoms with Gasteiger partial charge in [0, 0.05) is 6.54 Å². The molecular formula is C24H32BrN3O4S. The summed E-state index contributed by atoms with van der Waals surface area (Å²) in [5.41, 5.74) is 6.06. The van der Waals surface area contributed by atoms with E-state index in [1.54, 1.807) is 6.21 Å². The Morgan fingerprint density at radius 2 is 1.76 bits per heavy atom. The summed E-state index contributed by atoms with van der Waals surface area (Å²) >= 11 is 8.65. The van der Waals surface area contributed by atoms with Crippen LogP contribution in [0.25, 0.3) is 0 Å². The lowest BCUT2D eigenvalue weighted by molar-refractivity contribution is 0.0753. The predicted molar refractivity (Wildman–Crippen MR) is 140 cm³/mol. The van der Waals surface area contributed by atoms with E-state index in [1.165, 1.54) is 11.1 Å². The van der Waals surface area contributed by atoms with Gasteiger partial charge in [0.25, 0.3) is 0 Å². The van der Waals surface area contributed by atoms with Crippen molar-refractivity contribution in [2.24, 2.45) is 5.10 Å². The molecule has 0 amide bonds. The quantitative estimate of drug-likeness (QED) is 0.165. The third-order valence-corrected chi connectivity index (χ3v) is 5.32. The lowest BCUT2D eigenvalue weighted by atomic mass is 10.1. The summed E-state index contributed by atoms with van der Waals surface area (Å²) in [5.74, 6) is 2.10. The van der Waals surface area contributed by atoms with Crippen molar-refractivity contribution in [2.75, 3.05) is 39.6 Å². The highest BCUT2D eigenvalue weighted by Crippen LogP contribution is 2.36. The number of thiocarbonyl (C=S) groups is 1. The van der Waals surface area contributed by atoms with Gasteiger partial charge in [0.2, 0.25) is 0 Å². The van der Waals surface area contributed by atoms with Crippen LogP contribution in [0, 0.1) is 13.8 Å². The smallest absolute Gasteiger partial charge is 0.186 e. The predicted octanol–water partition coefficient (Wildman–Crippen LogP) is 4.76. The highest BCUT2D eigenvalue weighted by atomic mass is 79.9. The minimum atomic E-state index is 0.383. The Bertz CT molecular complexity index is 940. The van der Waals surface area contributed by atoms with E-state index in [4.69, 9.17) is 31.2 Å². The molecule has 0 aliphatic carbocycles. The van der Waals surface area contributed by atoms with Crippen LogP contribution in [0.3, 0.4) is 0 Å². The fourth-order valence-corrected chi connectivity index (χ4v) is 3.53. The van der Waals surface area contributed by atoms with Crippen molar-refractivity contribution in [1.82, 2.24) is 10.7 Å². The number of benzene rings is 2. The van der Waals surface area contributed by atoms with Gasteiger partial charge in [-0.3, -0.25) is 5.43 Å². The molecule has 0 spiro atoms. The van der Waals surface area contributed by atoms with Gasteiger partial charge in [-0.1, -0.05) is 6.07 Å². The first-order valence-corrected chi connectivity index (χ1v) is 12.1. The summed E-state index contributed by atoms with van der Waals surface area (Å²) in [6, 6.07) is 9.82. The lowest BCUT2D eigenvalue weighted by Crippen LogP contribution is -2.31. The molecule has 2 aromatic carbocycles. The molecular weight excluding hydrogens is 506 g/mol. The molecule has 180 valence electrons. The number of hydrogen-bond donors (Lipinski definition) is 2. The van der Waals surface area contributed by atoms with Crippen LogP contribution in [-0.2, 0) is 4.74 Å². The Labute approximate surface area is 210 Å². The molecule has 2 rings (SSSR count). The molecule has 33 heavy (non-hydrogen) atoms. The van der Waals surface area contributed by atoms with E-state index in [9.17, 15) is 0 Å². The fraction of sp³-hybridized carbons (Fsp3) is 0.417. The zero-order valence-electron chi connectivity index (χ0n) is 19.6. The molecule has 0 aromatic heterocycles. The number of hydrazone groups is 1. The highest BCUT2D eigenvalue weighted by Gasteiger charge is 2.12. The number of hydrogen-bond acceptors (Lipinski definition) is 6. The van der Waals surface area contributed by atoms with Gasteiger partial charge in [-0.05, 0) is 96.8 Å². The van der Waals surface area contributed by atoms with Crippen molar-refractivity contribution >= 4 is 39.5 Å². The maximum atomic E-state index is 5.92. The molecule has 0 unspecified atom stereocenters. The minimum Gasteiger partial charge on any atom is -0.491 e. The molecule has 0 bridgehead atoms. The summed E-state index contributed by atoms with van der Waals surface area (Å²) in [4.78, 5) is 0. The first-order chi connectivity index (χ1) is 15.9. The molecule has 9 heteroatoms. The van der Waals surface area contributed by atoms with E-state index in [-0.39, 0.29) is 0 Å². The normalized spacial score (nSPS) is 10.8. The number of nitrogens with zero attached hydrogens (tertiary/aromatic N) is 1. The van der Waals surface area contributed by atoms with Crippen LogP contribution in [0.1, 0.15) is 30.5 Å². The third-order valence-electron chi connectivity index (χ3n) is 4.50. The van der Waals surface area contributed by atoms with Crippen molar-refractivity contribution in [3.05, 3.63) is 51.5 Å². The maximum absolute atomic E-state index is 5.92. The minimum absolute atomic E-state index is 0.383. The molecule has 0 heterocycles. The van der Waals surface area contributed by atoms with Crippen molar-refractivity contribution in [1.29, 1.82) is 0 Å². The molecule has 7 nitrogen and oxygen atoms in total. The molecule has 0 aliphatic heterocycles. The van der Waals surface area contributed by atoms with E-state index in [0.717, 1.165) is 22.3 Å². The molecule has 0 radical (unpaired) electrons. The third kappa shape index (κ3) is 9.57. The average molecular weight is 539 g/mol. The summed E-state index contributed by atoms with van der Waals surface area (Å²) in [6.45, 7) is 11.1. The monoisotopic (exact) mass is 537 g/mol. The largest absolute Gasteiger partial charge is 0.491 e. The van der Waals surface area contributed by atoms with E-state index in [0.29, 0.717) is 49.6 Å². The number of ether oxygens (including phenoxy) is 4. The Morgan fingerprint density at radius 3 is 2.45 bits per heavy atom. The van der Waals surface area contributed by atoms with Gasteiger partial charge in [-0.25, -0.2) is 0 Å². The number of nitrogens with one attached hydrogen (secondary N) is 2. The Morgan fingerprint density at radius 1 is 1.00 bits per heavy atom. The van der Waals surface area contributed by atoms with Crippen molar-refractivity contribution in [3.63, 3.8) is 0 Å². The van der Waals surface area contributed by atoms with Gasteiger partial charge in [0.05, 0.1) is 30.5 Å². The van der Waals surface area contributed by atoms with E-state index in [1.807, 2.05) is 38.1 Å². The van der Waals surface area contributed by atoms with Gasteiger partial charge < -0.3 is 24.3 Å². The first-order valence-electron chi connectivity index (χ1n) is 10.9. The topological polar surface area (TPSA) is 73.3 Å². The second-order valence-corrected chi connectivity index (χ2v) is 8.31. The molecule has 0 fully saturated rings. The van der Waals surface area contributed by atoms with Crippen LogP contribution < -0.4 is 25.0 Å². The second kappa shape index (κ2) is 14.7. The van der Waals surface area contributed by atoms with E-state index in [2.05, 4.69) is 51.7 Å². The van der Waals surface area contributed by atoms with Gasteiger partial charge in [-0.2, -0.15) is 5.10 Å². The Kier molecular flexibility index (Phi) is 12.0. The van der Waals surface area contributed by atoms with Crippen molar-refractivity contribution in [2.45, 2.75) is 27.7 Å². The Hall–Kier alpha value is -2.36. The van der Waals surface area contributed by atoms with Crippen LogP contribution in [0.15, 0.2) is 39.9 Å². The lowest BCUT2D eigenvalue weighted by Gasteiger charge is -2.15. The van der Waals surface area contributed by atoms with Gasteiger partial charge in [-0.15, -0.1) is 0 Å². The highest BCUT2D eigenvalue weighted by molar-refractivity contribution is 9.10. The summed E-state index contributed by atoms with van der Waals surface area (Å²) in [6.07, 6.45) is 1.67. The molecule has 2 N–H and O–H groups in total. The Balaban J connectivity index is 1.80. The van der Waals surface area contributed by atoms with Crippen LogP contribution in [-0.4, -0.2) is 50.9 Å². The summed E-state index contributed by atoms with van der Waals surface area (Å²) < 4.78 is 23.8. The first kappa shape index (κ1) is 26.9. The van der Waals surface area contributed by atoms with Crippen LogP contribution in [0.5, 0.6) is 17.2 Å². The molecule has 0 saturated carbocycles. The van der Waals surface area contributed by atoms with Crippen LogP contribution in [0.2, 0.25) is 0 Å². The van der Waals surface area contributed by atoms with Crippen LogP contribution in [0.4, 0.5) is 0 Å². The molecule has 0 atom stereocenters. The average Bonchev–Trinajstić information content (AvgIpc) is 2.77. The molecule has 2 aromatic rings. The van der Waals surface area contributed by atoms with Gasteiger partial charge in [0.1, 0.15) is 19.0 Å². The van der Waals surface area contributed by atoms with Crippen LogP contribution >= 0.6 is 28.1 Å². The van der Waals surface area contributed by atoms with Gasteiger partial charge in [0.15, 0.2) is 16.6 Å². The zero-order chi connectivity index (χ0) is 24.1. The molecule has 0 saturated heterocycles. The standard InChI is InChI=1S/C24H32BrN3O4S/c1-5-26-24(33)28-27-16-19-14-21(25)23(22(15-19)30-6-2)32-12-10-29-9-11-31-20-8-7-17(3)18(4)13-20/h7-8,13-16H,5-6,9-12H2,1-4H3,(H2,26,28,33)/b27-16-. The van der Waals surface area contributed by atoms with E-state index >= 15 is 0 Å². The second-order valence-electron chi connectivity index (χ2n) is 7.05. The van der Waals surface area contributed by atoms with E-state index < -0.39 is 0 Å². The maximum Gasteiger partial charge on any atom is 0.186 e. The number of halogens is 1. The van der Waals surface area contributed by atoms with Crippen molar-refractivity contribution in [3.8, 4) is 17.2 Å². The number of aryl methyl sites for hydroxylation is 2. The SMILES string of the molecule is CCNC(=S)N/N=C\c1cc(Br)c(OCCOCCOc2ccc(C)c(C)c2)c(OCC)c1. The van der Waals surface area contributed by atoms with Gasteiger partial charge >= 0.3 is 0 Å². The fourth-order valence-electron chi connectivity index (χ4n) is 2.76. The zero-order valence-corrected chi connectivity index (χ0v) is 22.0. The summed E-state index contributed by atoms with van der Waals surface area (Å²) in [5, 5.41) is 7.58. The summed E-state index contributed by atoms with van der Waals surface area (Å²) in [7, 11) is 0. The number of rotatable bonds is 13.